The first-order chi connectivity index (χ1) is 12.0. The molecule has 0 unspecified atom stereocenters. The first kappa shape index (κ1) is 17.3. The molecule has 3 aromatic rings. The molecule has 7 heteroatoms. The molecule has 25 heavy (non-hydrogen) atoms. The van der Waals surface area contributed by atoms with Crippen molar-refractivity contribution in [3.8, 4) is 11.5 Å². The van der Waals surface area contributed by atoms with E-state index < -0.39 is 0 Å². The van der Waals surface area contributed by atoms with Crippen LogP contribution in [0.25, 0.3) is 5.65 Å². The molecular formula is C18H18BrN3O3. The summed E-state index contributed by atoms with van der Waals surface area (Å²) in [6, 6.07) is 7.07. The average Bonchev–Trinajstić information content (AvgIpc) is 3.02. The van der Waals surface area contributed by atoms with E-state index >= 15 is 0 Å². The Balaban J connectivity index is 1.77. The van der Waals surface area contributed by atoms with Gasteiger partial charge in [0, 0.05) is 28.5 Å². The Morgan fingerprint density at radius 1 is 1.16 bits per heavy atom. The van der Waals surface area contributed by atoms with E-state index in [4.69, 9.17) is 9.47 Å². The largest absolute Gasteiger partial charge is 0.497 e. The van der Waals surface area contributed by atoms with E-state index in [-0.39, 0.29) is 5.91 Å². The lowest BCUT2D eigenvalue weighted by molar-refractivity contribution is 0.0949. The zero-order valence-corrected chi connectivity index (χ0v) is 15.8. The van der Waals surface area contributed by atoms with Gasteiger partial charge in [-0.2, -0.15) is 0 Å². The third kappa shape index (κ3) is 3.76. The lowest BCUT2D eigenvalue weighted by Crippen LogP contribution is -2.23. The number of fused-ring (bicyclic) bond motifs is 1. The van der Waals surface area contributed by atoms with Gasteiger partial charge in [-0.3, -0.25) is 4.79 Å². The van der Waals surface area contributed by atoms with Gasteiger partial charge >= 0.3 is 0 Å². The Kier molecular flexibility index (Phi) is 4.94. The lowest BCUT2D eigenvalue weighted by Gasteiger charge is -2.08. The summed E-state index contributed by atoms with van der Waals surface area (Å²) in [4.78, 5) is 17.0. The standard InChI is InChI=1S/C18H18BrN3O3/c1-11-4-13(19)9-22-10-14(21-17(11)22)8-20-18(23)12-5-15(24-2)7-16(6-12)25-3/h4-7,9-10H,8H2,1-3H3,(H,20,23). The maximum absolute atomic E-state index is 12.4. The van der Waals surface area contributed by atoms with Gasteiger partial charge in [-0.1, -0.05) is 0 Å². The summed E-state index contributed by atoms with van der Waals surface area (Å²) < 4.78 is 13.3. The molecule has 0 fully saturated rings. The monoisotopic (exact) mass is 403 g/mol. The minimum atomic E-state index is -0.216. The number of aromatic nitrogens is 2. The second-order valence-electron chi connectivity index (χ2n) is 5.59. The molecule has 0 saturated heterocycles. The Hall–Kier alpha value is -2.54. The number of benzene rings is 1. The van der Waals surface area contributed by atoms with Crippen molar-refractivity contribution >= 4 is 27.5 Å². The number of imidazole rings is 1. The van der Waals surface area contributed by atoms with Crippen LogP contribution < -0.4 is 14.8 Å². The van der Waals surface area contributed by atoms with E-state index in [1.165, 1.54) is 0 Å². The molecule has 1 N–H and O–H groups in total. The van der Waals surface area contributed by atoms with Gasteiger partial charge in [-0.25, -0.2) is 4.98 Å². The van der Waals surface area contributed by atoms with Crippen LogP contribution in [-0.2, 0) is 6.54 Å². The molecule has 0 aliphatic carbocycles. The van der Waals surface area contributed by atoms with Crippen molar-refractivity contribution in [1.29, 1.82) is 0 Å². The summed E-state index contributed by atoms with van der Waals surface area (Å²) >= 11 is 3.47. The molecule has 2 heterocycles. The van der Waals surface area contributed by atoms with Crippen molar-refractivity contribution in [1.82, 2.24) is 14.7 Å². The van der Waals surface area contributed by atoms with Gasteiger partial charge in [0.15, 0.2) is 0 Å². The highest BCUT2D eigenvalue weighted by molar-refractivity contribution is 9.10. The highest BCUT2D eigenvalue weighted by Gasteiger charge is 2.11. The molecule has 0 bridgehead atoms. The fourth-order valence-electron chi connectivity index (χ4n) is 2.57. The molecule has 0 saturated carbocycles. The van der Waals surface area contributed by atoms with Crippen LogP contribution in [0.15, 0.2) is 41.1 Å². The number of ether oxygens (including phenoxy) is 2. The highest BCUT2D eigenvalue weighted by atomic mass is 79.9. The number of pyridine rings is 1. The summed E-state index contributed by atoms with van der Waals surface area (Å²) in [5.41, 5.74) is 3.18. The van der Waals surface area contributed by atoms with Gasteiger partial charge < -0.3 is 19.2 Å². The van der Waals surface area contributed by atoms with Crippen LogP contribution in [0.4, 0.5) is 0 Å². The maximum atomic E-state index is 12.4. The van der Waals surface area contributed by atoms with Gasteiger partial charge in [0.2, 0.25) is 0 Å². The molecule has 1 amide bonds. The molecule has 130 valence electrons. The number of aryl methyl sites for hydroxylation is 1. The van der Waals surface area contributed by atoms with Gasteiger partial charge in [-0.15, -0.1) is 0 Å². The van der Waals surface area contributed by atoms with Crippen molar-refractivity contribution in [2.24, 2.45) is 0 Å². The Morgan fingerprint density at radius 2 is 1.84 bits per heavy atom. The van der Waals surface area contributed by atoms with Crippen molar-refractivity contribution < 1.29 is 14.3 Å². The molecule has 6 nitrogen and oxygen atoms in total. The highest BCUT2D eigenvalue weighted by Crippen LogP contribution is 2.22. The third-order valence-corrected chi connectivity index (χ3v) is 4.23. The Labute approximate surface area is 153 Å². The van der Waals surface area contributed by atoms with Crippen LogP contribution in [0.2, 0.25) is 0 Å². The van der Waals surface area contributed by atoms with Gasteiger partial charge in [0.05, 0.1) is 26.5 Å². The molecule has 0 aliphatic heterocycles. The van der Waals surface area contributed by atoms with Gasteiger partial charge in [0.1, 0.15) is 17.1 Å². The van der Waals surface area contributed by atoms with Crippen LogP contribution in [0.3, 0.4) is 0 Å². The fourth-order valence-corrected chi connectivity index (χ4v) is 3.14. The third-order valence-electron chi connectivity index (χ3n) is 3.80. The van der Waals surface area contributed by atoms with Crippen molar-refractivity contribution in [2.45, 2.75) is 13.5 Å². The van der Waals surface area contributed by atoms with Gasteiger partial charge in [-0.05, 0) is 46.6 Å². The Morgan fingerprint density at radius 3 is 2.48 bits per heavy atom. The predicted molar refractivity (Wildman–Crippen MR) is 98.3 cm³/mol. The van der Waals surface area contributed by atoms with Crippen LogP contribution in [0, 0.1) is 6.92 Å². The number of rotatable bonds is 5. The summed E-state index contributed by atoms with van der Waals surface area (Å²) in [5, 5.41) is 2.88. The van der Waals surface area contributed by atoms with E-state index in [1.54, 1.807) is 32.4 Å². The zero-order valence-electron chi connectivity index (χ0n) is 14.2. The second-order valence-corrected chi connectivity index (χ2v) is 6.50. The number of hydrogen-bond acceptors (Lipinski definition) is 4. The summed E-state index contributed by atoms with van der Waals surface area (Å²) in [7, 11) is 3.10. The number of hydrogen-bond donors (Lipinski definition) is 1. The summed E-state index contributed by atoms with van der Waals surface area (Å²) in [6.45, 7) is 2.33. The minimum absolute atomic E-state index is 0.216. The average molecular weight is 404 g/mol. The zero-order chi connectivity index (χ0) is 18.0. The minimum Gasteiger partial charge on any atom is -0.497 e. The number of methoxy groups -OCH3 is 2. The van der Waals surface area contributed by atoms with E-state index in [9.17, 15) is 4.79 Å². The normalized spacial score (nSPS) is 10.7. The molecule has 0 radical (unpaired) electrons. The first-order valence-corrected chi connectivity index (χ1v) is 8.44. The summed E-state index contributed by atoms with van der Waals surface area (Å²) in [5.74, 6) is 0.919. The Bertz CT molecular complexity index is 914. The van der Waals surface area contributed by atoms with E-state index in [0.29, 0.717) is 23.6 Å². The van der Waals surface area contributed by atoms with Crippen LogP contribution in [0.5, 0.6) is 11.5 Å². The molecule has 0 atom stereocenters. The van der Waals surface area contributed by atoms with Crippen LogP contribution >= 0.6 is 15.9 Å². The molecule has 1 aromatic carbocycles. The number of amides is 1. The van der Waals surface area contributed by atoms with E-state index in [0.717, 1.165) is 21.4 Å². The van der Waals surface area contributed by atoms with Crippen molar-refractivity contribution in [3.63, 3.8) is 0 Å². The number of nitrogens with one attached hydrogen (secondary N) is 1. The molecule has 3 rings (SSSR count). The van der Waals surface area contributed by atoms with E-state index in [2.05, 4.69) is 26.2 Å². The SMILES string of the molecule is COc1cc(OC)cc(C(=O)NCc2cn3cc(Br)cc(C)c3n2)c1. The number of carbonyl (C=O) groups excluding carboxylic acids is 1. The number of halogens is 1. The molecule has 0 aliphatic rings. The van der Waals surface area contributed by atoms with Crippen LogP contribution in [-0.4, -0.2) is 29.5 Å². The maximum Gasteiger partial charge on any atom is 0.251 e. The fraction of sp³-hybridized carbons (Fsp3) is 0.222. The molecule has 2 aromatic heterocycles. The van der Waals surface area contributed by atoms with Crippen LogP contribution in [0.1, 0.15) is 21.6 Å². The first-order valence-electron chi connectivity index (χ1n) is 7.65. The molecular weight excluding hydrogens is 386 g/mol. The molecule has 0 spiro atoms. The quantitative estimate of drug-likeness (QED) is 0.709. The smallest absolute Gasteiger partial charge is 0.251 e. The number of nitrogens with zero attached hydrogens (tertiary/aromatic N) is 2. The predicted octanol–water partition coefficient (Wildman–Crippen LogP) is 3.35. The van der Waals surface area contributed by atoms with E-state index in [1.807, 2.05) is 29.8 Å². The van der Waals surface area contributed by atoms with Gasteiger partial charge in [0.25, 0.3) is 5.91 Å². The number of carbonyl (C=O) groups is 1. The van der Waals surface area contributed by atoms with Crippen molar-refractivity contribution in [3.05, 3.63) is 58.0 Å². The second kappa shape index (κ2) is 7.14. The summed E-state index contributed by atoms with van der Waals surface area (Å²) in [6.07, 6.45) is 3.84. The van der Waals surface area contributed by atoms with Crippen molar-refractivity contribution in [2.75, 3.05) is 14.2 Å². The lowest BCUT2D eigenvalue weighted by atomic mass is 10.2. The topological polar surface area (TPSA) is 64.9 Å².